The molecule has 5 heteroatoms. The van der Waals surface area contributed by atoms with Crippen LogP contribution in [-0.2, 0) is 0 Å². The molecule has 0 atom stereocenters. The lowest BCUT2D eigenvalue weighted by Crippen LogP contribution is -1.88. The van der Waals surface area contributed by atoms with Gasteiger partial charge in [-0.3, -0.25) is 0 Å². The van der Waals surface area contributed by atoms with Crippen molar-refractivity contribution >= 4 is 22.6 Å². The van der Waals surface area contributed by atoms with Crippen molar-refractivity contribution in [2.24, 2.45) is 0 Å². The minimum Gasteiger partial charge on any atom is -0.508 e. The number of hydrogen-bond donors (Lipinski definition) is 4. The smallest absolute Gasteiger partial charge is 0.133 e. The number of phenolic OH excluding ortho intramolecular Hbond substituents is 4. The second-order valence-corrected chi connectivity index (χ2v) is 5.04. The van der Waals surface area contributed by atoms with Crippen LogP contribution in [0.5, 0.6) is 23.0 Å². The van der Waals surface area contributed by atoms with E-state index in [1.165, 1.54) is 24.3 Å². The van der Waals surface area contributed by atoms with E-state index in [0.29, 0.717) is 20.3 Å². The van der Waals surface area contributed by atoms with E-state index < -0.39 is 0 Å². The van der Waals surface area contributed by atoms with Crippen molar-refractivity contribution in [3.63, 3.8) is 0 Å². The Morgan fingerprint density at radius 2 is 1.28 bits per heavy atom. The highest BCUT2D eigenvalue weighted by Crippen LogP contribution is 2.40. The van der Waals surface area contributed by atoms with Crippen molar-refractivity contribution in [2.75, 3.05) is 0 Å². The molecule has 0 aliphatic rings. The molecular formula is C13H11IO4. The van der Waals surface area contributed by atoms with Gasteiger partial charge in [-0.1, -0.05) is 0 Å². The molecule has 2 aromatic carbocycles. The molecule has 0 aromatic heterocycles. The summed E-state index contributed by atoms with van der Waals surface area (Å²) < 4.78 is 0.540. The predicted molar refractivity (Wildman–Crippen MR) is 76.0 cm³/mol. The molecule has 0 spiro atoms. The summed E-state index contributed by atoms with van der Waals surface area (Å²) in [6.45, 7) is 1.70. The Bertz CT molecular complexity index is 567. The molecule has 0 radical (unpaired) electrons. The lowest BCUT2D eigenvalue weighted by Gasteiger charge is -2.12. The highest BCUT2D eigenvalue weighted by Gasteiger charge is 2.14. The fraction of sp³-hybridized carbons (Fsp3) is 0.0769. The van der Waals surface area contributed by atoms with E-state index >= 15 is 0 Å². The zero-order valence-electron chi connectivity index (χ0n) is 9.48. The fourth-order valence-corrected chi connectivity index (χ4v) is 2.36. The van der Waals surface area contributed by atoms with E-state index in [1.807, 2.05) is 22.6 Å². The zero-order valence-corrected chi connectivity index (χ0v) is 11.6. The van der Waals surface area contributed by atoms with Crippen molar-refractivity contribution in [1.29, 1.82) is 0 Å². The van der Waals surface area contributed by atoms with Crippen LogP contribution in [0.15, 0.2) is 24.3 Å². The van der Waals surface area contributed by atoms with E-state index in [4.69, 9.17) is 0 Å². The summed E-state index contributed by atoms with van der Waals surface area (Å²) >= 11 is 1.94. The van der Waals surface area contributed by atoms with Gasteiger partial charge in [0.05, 0.1) is 3.57 Å². The summed E-state index contributed by atoms with van der Waals surface area (Å²) in [7, 11) is 0. The van der Waals surface area contributed by atoms with Crippen LogP contribution in [0.4, 0.5) is 0 Å². The summed E-state index contributed by atoms with van der Waals surface area (Å²) in [6, 6.07) is 5.44. The molecule has 2 aromatic rings. The molecule has 0 aliphatic heterocycles. The van der Waals surface area contributed by atoms with Gasteiger partial charge < -0.3 is 20.4 Å². The first-order valence-electron chi connectivity index (χ1n) is 5.14. The molecule has 2 rings (SSSR count). The molecule has 0 aliphatic carbocycles. The topological polar surface area (TPSA) is 80.9 Å². The second kappa shape index (κ2) is 4.56. The fourth-order valence-electron chi connectivity index (χ4n) is 1.75. The SMILES string of the molecule is Cc1c(O)cc(O)cc1-c1cc(O)cc(O)c1I. The summed E-state index contributed by atoms with van der Waals surface area (Å²) in [6.07, 6.45) is 0. The summed E-state index contributed by atoms with van der Waals surface area (Å²) in [4.78, 5) is 0. The van der Waals surface area contributed by atoms with Gasteiger partial charge in [-0.2, -0.15) is 0 Å². The molecule has 0 unspecified atom stereocenters. The third kappa shape index (κ3) is 2.17. The van der Waals surface area contributed by atoms with Gasteiger partial charge in [0, 0.05) is 17.7 Å². The lowest BCUT2D eigenvalue weighted by atomic mass is 9.99. The lowest BCUT2D eigenvalue weighted by molar-refractivity contribution is 0.445. The van der Waals surface area contributed by atoms with Gasteiger partial charge in [-0.15, -0.1) is 0 Å². The Hall–Kier alpha value is -1.63. The maximum Gasteiger partial charge on any atom is 0.133 e. The van der Waals surface area contributed by atoms with Crippen LogP contribution in [-0.4, -0.2) is 20.4 Å². The Labute approximate surface area is 117 Å². The van der Waals surface area contributed by atoms with Gasteiger partial charge >= 0.3 is 0 Å². The van der Waals surface area contributed by atoms with E-state index in [0.717, 1.165) is 0 Å². The quantitative estimate of drug-likeness (QED) is 0.591. The first-order chi connectivity index (χ1) is 8.40. The molecule has 4 N–H and O–H groups in total. The standard InChI is InChI=1S/C13H11IO4/c1-6-9(2-7(15)4-11(6)17)10-3-8(16)5-12(18)13(10)14/h2-5,15-18H,1H3. The van der Waals surface area contributed by atoms with Crippen LogP contribution < -0.4 is 0 Å². The Morgan fingerprint density at radius 1 is 0.778 bits per heavy atom. The molecular weight excluding hydrogens is 347 g/mol. The van der Waals surface area contributed by atoms with Crippen LogP contribution in [0.1, 0.15) is 5.56 Å². The molecule has 0 saturated heterocycles. The van der Waals surface area contributed by atoms with Crippen LogP contribution in [0.2, 0.25) is 0 Å². The molecule has 0 heterocycles. The summed E-state index contributed by atoms with van der Waals surface area (Å²) in [5.74, 6) is -0.242. The third-order valence-electron chi connectivity index (χ3n) is 2.69. The largest absolute Gasteiger partial charge is 0.508 e. The number of benzene rings is 2. The number of rotatable bonds is 1. The first kappa shape index (κ1) is 12.8. The zero-order chi connectivity index (χ0) is 13.4. The third-order valence-corrected chi connectivity index (χ3v) is 3.83. The summed E-state index contributed by atoms with van der Waals surface area (Å²) in [5, 5.41) is 38.4. The Balaban J connectivity index is 2.77. The highest BCUT2D eigenvalue weighted by atomic mass is 127. The van der Waals surface area contributed by atoms with Crippen molar-refractivity contribution < 1.29 is 20.4 Å². The Kier molecular flexibility index (Phi) is 3.25. The molecule has 18 heavy (non-hydrogen) atoms. The Morgan fingerprint density at radius 3 is 1.89 bits per heavy atom. The average Bonchev–Trinajstić information content (AvgIpc) is 2.28. The van der Waals surface area contributed by atoms with Gasteiger partial charge in [-0.25, -0.2) is 0 Å². The van der Waals surface area contributed by atoms with Gasteiger partial charge in [0.25, 0.3) is 0 Å². The molecule has 0 amide bonds. The van der Waals surface area contributed by atoms with Gasteiger partial charge in [0.15, 0.2) is 0 Å². The van der Waals surface area contributed by atoms with E-state index in [9.17, 15) is 20.4 Å². The normalized spacial score (nSPS) is 10.6. The van der Waals surface area contributed by atoms with Gasteiger partial charge in [0.2, 0.25) is 0 Å². The molecule has 0 fully saturated rings. The highest BCUT2D eigenvalue weighted by molar-refractivity contribution is 14.1. The van der Waals surface area contributed by atoms with Crippen molar-refractivity contribution in [2.45, 2.75) is 6.92 Å². The van der Waals surface area contributed by atoms with Crippen LogP contribution in [0.3, 0.4) is 0 Å². The van der Waals surface area contributed by atoms with Crippen LogP contribution >= 0.6 is 22.6 Å². The second-order valence-electron chi connectivity index (χ2n) is 3.96. The minimum atomic E-state index is -0.0786. The van der Waals surface area contributed by atoms with Crippen molar-refractivity contribution in [1.82, 2.24) is 0 Å². The molecule has 0 saturated carbocycles. The minimum absolute atomic E-state index is 0.0383. The maximum absolute atomic E-state index is 9.68. The average molecular weight is 358 g/mol. The predicted octanol–water partition coefficient (Wildman–Crippen LogP) is 3.09. The van der Waals surface area contributed by atoms with Gasteiger partial charge in [-0.05, 0) is 52.8 Å². The van der Waals surface area contributed by atoms with Crippen molar-refractivity contribution in [3.05, 3.63) is 33.4 Å². The number of phenols is 4. The van der Waals surface area contributed by atoms with E-state index in [2.05, 4.69) is 0 Å². The molecule has 0 bridgehead atoms. The van der Waals surface area contributed by atoms with E-state index in [1.54, 1.807) is 6.92 Å². The van der Waals surface area contributed by atoms with Crippen molar-refractivity contribution in [3.8, 4) is 34.1 Å². The van der Waals surface area contributed by atoms with Crippen LogP contribution in [0, 0.1) is 10.5 Å². The van der Waals surface area contributed by atoms with Crippen LogP contribution in [0.25, 0.3) is 11.1 Å². The van der Waals surface area contributed by atoms with E-state index in [-0.39, 0.29) is 23.0 Å². The monoisotopic (exact) mass is 358 g/mol. The van der Waals surface area contributed by atoms with Gasteiger partial charge in [0.1, 0.15) is 23.0 Å². The molecule has 94 valence electrons. The number of hydrogen-bond acceptors (Lipinski definition) is 4. The number of aromatic hydroxyl groups is 4. The summed E-state index contributed by atoms with van der Waals surface area (Å²) in [5.41, 5.74) is 1.68. The maximum atomic E-state index is 9.68. The number of halogens is 1. The molecule has 4 nitrogen and oxygen atoms in total. The first-order valence-corrected chi connectivity index (χ1v) is 6.22.